The van der Waals surface area contributed by atoms with Gasteiger partial charge in [0.15, 0.2) is 0 Å². The first-order chi connectivity index (χ1) is 17.1. The average Bonchev–Trinajstić information content (AvgIpc) is 2.87. The Kier molecular flexibility index (Phi) is 9.23. The lowest BCUT2D eigenvalue weighted by Gasteiger charge is -2.30. The molecular weight excluding hydrogens is 474 g/mol. The van der Waals surface area contributed by atoms with Crippen molar-refractivity contribution in [3.05, 3.63) is 77.9 Å². The van der Waals surface area contributed by atoms with Crippen LogP contribution in [0.5, 0.6) is 0 Å². The Bertz CT molecular complexity index is 1320. The summed E-state index contributed by atoms with van der Waals surface area (Å²) in [6.45, 7) is 6.01. The second-order valence-corrected chi connectivity index (χ2v) is 11.1. The largest absolute Gasteiger partial charge is 0.354 e. The van der Waals surface area contributed by atoms with Crippen LogP contribution < -0.4 is 5.32 Å². The van der Waals surface area contributed by atoms with Gasteiger partial charge in [0, 0.05) is 20.1 Å². The number of hydrogen-bond acceptors (Lipinski definition) is 4. The number of unbranched alkanes of at least 4 members (excludes halogenated alkanes) is 1. The number of hydrogen-bond donors (Lipinski definition) is 1. The first-order valence-corrected chi connectivity index (χ1v) is 13.7. The van der Waals surface area contributed by atoms with Crippen molar-refractivity contribution in [3.8, 4) is 0 Å². The van der Waals surface area contributed by atoms with E-state index in [2.05, 4.69) is 5.32 Å². The molecule has 0 saturated heterocycles. The van der Waals surface area contributed by atoms with Crippen molar-refractivity contribution in [3.63, 3.8) is 0 Å². The standard InChI is InChI=1S/C28H35N3O4S/c1-5-6-17-29-28(33)22(3)31(19-25-14-8-7-11-21(25)2)27(32)20-30(4)36(34,35)26-16-15-23-12-9-10-13-24(23)18-26/h7-16,18,22H,5-6,17,19-20H2,1-4H3,(H,29,33)/t22-/m1/s1. The highest BCUT2D eigenvalue weighted by molar-refractivity contribution is 7.89. The molecule has 3 aromatic carbocycles. The molecular formula is C28H35N3O4S. The average molecular weight is 510 g/mol. The lowest BCUT2D eigenvalue weighted by atomic mass is 10.1. The molecule has 0 aliphatic carbocycles. The molecule has 0 aliphatic heterocycles. The van der Waals surface area contributed by atoms with Gasteiger partial charge in [-0.2, -0.15) is 4.31 Å². The summed E-state index contributed by atoms with van der Waals surface area (Å²) in [6.07, 6.45) is 1.79. The third-order valence-electron chi connectivity index (χ3n) is 6.39. The van der Waals surface area contributed by atoms with Crippen LogP contribution in [0.25, 0.3) is 10.8 Å². The van der Waals surface area contributed by atoms with Crippen molar-refractivity contribution in [2.24, 2.45) is 0 Å². The zero-order valence-electron chi connectivity index (χ0n) is 21.4. The minimum absolute atomic E-state index is 0.118. The minimum Gasteiger partial charge on any atom is -0.354 e. The summed E-state index contributed by atoms with van der Waals surface area (Å²) >= 11 is 0. The van der Waals surface area contributed by atoms with Gasteiger partial charge in [-0.1, -0.05) is 67.9 Å². The fourth-order valence-corrected chi connectivity index (χ4v) is 5.12. The summed E-state index contributed by atoms with van der Waals surface area (Å²) in [5.74, 6) is -0.700. The summed E-state index contributed by atoms with van der Waals surface area (Å²) in [6, 6.07) is 19.3. The molecule has 0 aliphatic rings. The van der Waals surface area contributed by atoms with E-state index in [4.69, 9.17) is 0 Å². The Morgan fingerprint density at radius 2 is 1.64 bits per heavy atom. The Morgan fingerprint density at radius 1 is 0.972 bits per heavy atom. The first kappa shape index (κ1) is 27.4. The van der Waals surface area contributed by atoms with Crippen LogP contribution in [-0.4, -0.2) is 55.6 Å². The van der Waals surface area contributed by atoms with Crippen LogP contribution in [0.2, 0.25) is 0 Å². The monoisotopic (exact) mass is 509 g/mol. The van der Waals surface area contributed by atoms with E-state index in [1.807, 2.05) is 62.4 Å². The van der Waals surface area contributed by atoms with Crippen molar-refractivity contribution in [1.29, 1.82) is 0 Å². The number of sulfonamides is 1. The number of likely N-dealkylation sites (N-methyl/N-ethyl adjacent to an activating group) is 1. The molecule has 0 radical (unpaired) electrons. The van der Waals surface area contributed by atoms with Gasteiger partial charge in [-0.25, -0.2) is 8.42 Å². The molecule has 3 aromatic rings. The third-order valence-corrected chi connectivity index (χ3v) is 8.19. The molecule has 0 saturated carbocycles. The van der Waals surface area contributed by atoms with Crippen LogP contribution in [0.1, 0.15) is 37.8 Å². The summed E-state index contributed by atoms with van der Waals surface area (Å²) < 4.78 is 27.6. The zero-order chi connectivity index (χ0) is 26.3. The molecule has 8 heteroatoms. The number of nitrogens with zero attached hydrogens (tertiary/aromatic N) is 2. The summed E-state index contributed by atoms with van der Waals surface area (Å²) in [7, 11) is -2.53. The quantitative estimate of drug-likeness (QED) is 0.394. The van der Waals surface area contributed by atoms with Crippen molar-refractivity contribution in [1.82, 2.24) is 14.5 Å². The highest BCUT2D eigenvalue weighted by Gasteiger charge is 2.30. The number of carbonyl (C=O) groups excluding carboxylic acids is 2. The number of nitrogens with one attached hydrogen (secondary N) is 1. The smallest absolute Gasteiger partial charge is 0.243 e. The molecule has 36 heavy (non-hydrogen) atoms. The number of aryl methyl sites for hydroxylation is 1. The van der Waals surface area contributed by atoms with Crippen LogP contribution in [0, 0.1) is 6.92 Å². The molecule has 1 atom stereocenters. The van der Waals surface area contributed by atoms with Gasteiger partial charge < -0.3 is 10.2 Å². The van der Waals surface area contributed by atoms with E-state index in [0.717, 1.165) is 39.0 Å². The highest BCUT2D eigenvalue weighted by Crippen LogP contribution is 2.22. The molecule has 2 amide bonds. The maximum Gasteiger partial charge on any atom is 0.243 e. The van der Waals surface area contributed by atoms with Crippen LogP contribution in [0.4, 0.5) is 0 Å². The van der Waals surface area contributed by atoms with Crippen molar-refractivity contribution < 1.29 is 18.0 Å². The predicted molar refractivity (Wildman–Crippen MR) is 143 cm³/mol. The molecule has 0 heterocycles. The number of carbonyl (C=O) groups is 2. The van der Waals surface area contributed by atoms with Gasteiger partial charge in [-0.3, -0.25) is 9.59 Å². The van der Waals surface area contributed by atoms with E-state index in [-0.39, 0.29) is 23.9 Å². The van der Waals surface area contributed by atoms with Crippen LogP contribution >= 0.6 is 0 Å². The molecule has 0 unspecified atom stereocenters. The lowest BCUT2D eigenvalue weighted by Crippen LogP contribution is -2.50. The second kappa shape index (κ2) is 12.1. The van der Waals surface area contributed by atoms with Crippen molar-refractivity contribution >= 4 is 32.6 Å². The van der Waals surface area contributed by atoms with E-state index in [0.29, 0.717) is 6.54 Å². The van der Waals surface area contributed by atoms with Crippen molar-refractivity contribution in [2.75, 3.05) is 20.1 Å². The van der Waals surface area contributed by atoms with Crippen LogP contribution in [-0.2, 0) is 26.2 Å². The predicted octanol–water partition coefficient (Wildman–Crippen LogP) is 4.10. The van der Waals surface area contributed by atoms with E-state index < -0.39 is 22.0 Å². The van der Waals surface area contributed by atoms with Gasteiger partial charge in [0.1, 0.15) is 6.04 Å². The van der Waals surface area contributed by atoms with Gasteiger partial charge in [-0.15, -0.1) is 0 Å². The number of fused-ring (bicyclic) bond motifs is 1. The van der Waals surface area contributed by atoms with Gasteiger partial charge in [0.25, 0.3) is 0 Å². The first-order valence-electron chi connectivity index (χ1n) is 12.2. The minimum atomic E-state index is -3.92. The van der Waals surface area contributed by atoms with Gasteiger partial charge in [0.05, 0.1) is 11.4 Å². The Hall–Kier alpha value is -3.23. The third kappa shape index (κ3) is 6.50. The molecule has 0 aromatic heterocycles. The highest BCUT2D eigenvalue weighted by atomic mass is 32.2. The van der Waals surface area contributed by atoms with Crippen molar-refractivity contribution in [2.45, 2.75) is 51.1 Å². The zero-order valence-corrected chi connectivity index (χ0v) is 22.2. The molecule has 0 fully saturated rings. The van der Waals surface area contributed by atoms with Gasteiger partial charge >= 0.3 is 0 Å². The van der Waals surface area contributed by atoms with E-state index in [9.17, 15) is 18.0 Å². The number of amides is 2. The summed E-state index contributed by atoms with van der Waals surface area (Å²) in [4.78, 5) is 27.9. The van der Waals surface area contributed by atoms with Gasteiger partial charge in [0.2, 0.25) is 21.8 Å². The Balaban J connectivity index is 1.83. The SMILES string of the molecule is CCCCNC(=O)[C@@H](C)N(Cc1ccccc1C)C(=O)CN(C)S(=O)(=O)c1ccc2ccccc2c1. The lowest BCUT2D eigenvalue weighted by molar-refractivity contribution is -0.140. The summed E-state index contributed by atoms with van der Waals surface area (Å²) in [5, 5.41) is 4.62. The number of benzene rings is 3. The van der Waals surface area contributed by atoms with Crippen LogP contribution in [0.15, 0.2) is 71.6 Å². The Labute approximate surface area is 214 Å². The normalized spacial score (nSPS) is 12.5. The van der Waals surface area contributed by atoms with E-state index in [1.165, 1.54) is 11.9 Å². The van der Waals surface area contributed by atoms with E-state index in [1.54, 1.807) is 25.1 Å². The molecule has 0 bridgehead atoms. The topological polar surface area (TPSA) is 86.8 Å². The van der Waals surface area contributed by atoms with Gasteiger partial charge in [-0.05, 0) is 54.3 Å². The fraction of sp³-hybridized carbons (Fsp3) is 0.357. The summed E-state index contributed by atoms with van der Waals surface area (Å²) in [5.41, 5.74) is 1.89. The molecule has 7 nitrogen and oxygen atoms in total. The molecule has 0 spiro atoms. The maximum absolute atomic E-state index is 13.5. The maximum atomic E-state index is 13.5. The number of rotatable bonds is 11. The van der Waals surface area contributed by atoms with Crippen LogP contribution in [0.3, 0.4) is 0 Å². The van der Waals surface area contributed by atoms with E-state index >= 15 is 0 Å². The molecule has 3 rings (SSSR count). The Morgan fingerprint density at radius 3 is 2.33 bits per heavy atom. The fourth-order valence-electron chi connectivity index (χ4n) is 3.96. The second-order valence-electron chi connectivity index (χ2n) is 9.04. The molecule has 192 valence electrons. The molecule has 1 N–H and O–H groups in total.